The summed E-state index contributed by atoms with van der Waals surface area (Å²) in [6.07, 6.45) is 0. The van der Waals surface area contributed by atoms with Gasteiger partial charge in [0.1, 0.15) is 0 Å². The van der Waals surface area contributed by atoms with Crippen LogP contribution in [-0.4, -0.2) is 4.40 Å². The highest BCUT2D eigenvalue weighted by molar-refractivity contribution is 7.26. The van der Waals surface area contributed by atoms with Gasteiger partial charge in [-0.2, -0.15) is 0 Å². The molecule has 266 valence electrons. The average molecular weight is 743 g/mol. The van der Waals surface area contributed by atoms with Crippen LogP contribution in [0.2, 0.25) is 0 Å². The van der Waals surface area contributed by atoms with Crippen LogP contribution in [0.25, 0.3) is 91.3 Å². The van der Waals surface area contributed by atoms with Crippen LogP contribution in [0.5, 0.6) is 0 Å². The summed E-state index contributed by atoms with van der Waals surface area (Å²) >= 11 is 1.89. The van der Waals surface area contributed by atoms with Crippen LogP contribution < -0.4 is 4.90 Å². The number of hydrogen-bond acceptors (Lipinski definition) is 2. The fourth-order valence-electron chi connectivity index (χ4n) is 9.19. The highest BCUT2D eigenvalue weighted by Crippen LogP contribution is 2.46. The summed E-state index contributed by atoms with van der Waals surface area (Å²) in [5, 5.41) is 10.2. The Labute approximate surface area is 333 Å². The Hall–Kier alpha value is -7.20. The van der Waals surface area contributed by atoms with E-state index in [1.54, 1.807) is 0 Å². The molecule has 0 saturated heterocycles. The Bertz CT molecular complexity index is 3410. The summed E-state index contributed by atoms with van der Waals surface area (Å²) in [6.45, 7) is 0. The Balaban J connectivity index is 1.15. The molecule has 0 aliphatic rings. The van der Waals surface area contributed by atoms with Gasteiger partial charge in [0.05, 0.1) is 16.6 Å². The van der Waals surface area contributed by atoms with Crippen molar-refractivity contribution in [1.82, 2.24) is 4.40 Å². The minimum absolute atomic E-state index is 1.11. The van der Waals surface area contributed by atoms with Crippen molar-refractivity contribution in [2.24, 2.45) is 0 Å². The number of rotatable bonds is 5. The van der Waals surface area contributed by atoms with E-state index in [0.717, 1.165) is 17.1 Å². The summed E-state index contributed by atoms with van der Waals surface area (Å²) in [4.78, 5) is 2.39. The molecule has 9 aromatic carbocycles. The molecule has 0 fully saturated rings. The molecule has 0 atom stereocenters. The first-order chi connectivity index (χ1) is 28.3. The Morgan fingerprint density at radius 1 is 0.316 bits per heavy atom. The van der Waals surface area contributed by atoms with Crippen molar-refractivity contribution in [3.8, 4) is 22.3 Å². The Kier molecular flexibility index (Phi) is 7.13. The summed E-state index contributed by atoms with van der Waals surface area (Å²) in [5.74, 6) is 0. The number of anilines is 3. The number of benzene rings is 9. The average Bonchev–Trinajstić information content (AvgIpc) is 3.84. The second-order valence-electron chi connectivity index (χ2n) is 14.9. The highest BCUT2D eigenvalue weighted by atomic mass is 32.1. The lowest BCUT2D eigenvalue weighted by Gasteiger charge is -2.26. The zero-order valence-corrected chi connectivity index (χ0v) is 31.7. The zero-order chi connectivity index (χ0) is 37.5. The molecule has 12 rings (SSSR count). The molecule has 3 heteroatoms. The third-order valence-electron chi connectivity index (χ3n) is 11.7. The second kappa shape index (κ2) is 12.7. The van der Waals surface area contributed by atoms with Gasteiger partial charge in [0.15, 0.2) is 0 Å². The lowest BCUT2D eigenvalue weighted by atomic mass is 10.0. The highest BCUT2D eigenvalue weighted by Gasteiger charge is 2.20. The molecule has 12 aromatic rings. The van der Waals surface area contributed by atoms with Crippen LogP contribution in [0.4, 0.5) is 17.1 Å². The first-order valence-electron chi connectivity index (χ1n) is 19.5. The van der Waals surface area contributed by atoms with E-state index in [9.17, 15) is 0 Å². The van der Waals surface area contributed by atoms with Crippen LogP contribution in [0, 0.1) is 0 Å². The van der Waals surface area contributed by atoms with Gasteiger partial charge >= 0.3 is 0 Å². The monoisotopic (exact) mass is 742 g/mol. The smallest absolute Gasteiger partial charge is 0.0619 e. The third-order valence-corrected chi connectivity index (χ3v) is 12.9. The molecule has 0 aliphatic heterocycles. The standard InChI is InChI=1S/C54H34N2S/c1-3-12-35(13-4-1)37-24-28-39(29-25-37)55(40-30-26-38(27-31-40)36-14-5-2-6-15-36)41-32-33-49-47(34-41)46-20-9-19-45-44-18-11-23-51-53(44)52-43(17-10-22-50(52)57-51)42-16-7-8-21-48(42)56(49)54(45)46/h1-34H. The maximum Gasteiger partial charge on any atom is 0.0619 e. The molecule has 3 heterocycles. The minimum Gasteiger partial charge on any atom is -0.310 e. The molecule has 0 saturated carbocycles. The first kappa shape index (κ1) is 32.1. The van der Waals surface area contributed by atoms with Crippen molar-refractivity contribution in [1.29, 1.82) is 0 Å². The molecule has 0 spiro atoms. The molecule has 2 nitrogen and oxygen atoms in total. The van der Waals surface area contributed by atoms with E-state index >= 15 is 0 Å². The SMILES string of the molecule is c1ccc(-c2ccc(N(c3ccc(-c4ccccc4)cc3)c3ccc4c(c3)c3cccc5c6cccc7sc8cccc(c9ccccc9n4c53)c8c76)cc2)cc1. The van der Waals surface area contributed by atoms with E-state index in [1.807, 2.05) is 11.3 Å². The molecular weight excluding hydrogens is 709 g/mol. The number of hydrogen-bond donors (Lipinski definition) is 0. The van der Waals surface area contributed by atoms with Gasteiger partial charge in [-0.3, -0.25) is 0 Å². The number of para-hydroxylation sites is 2. The van der Waals surface area contributed by atoms with Crippen LogP contribution >= 0.6 is 11.3 Å². The molecule has 0 N–H and O–H groups in total. The largest absolute Gasteiger partial charge is 0.310 e. The van der Waals surface area contributed by atoms with E-state index in [-0.39, 0.29) is 0 Å². The van der Waals surface area contributed by atoms with Gasteiger partial charge < -0.3 is 9.30 Å². The topological polar surface area (TPSA) is 7.65 Å². The summed E-state index contributed by atoms with van der Waals surface area (Å²) in [5.41, 5.74) is 11.8. The number of thiophene rings is 1. The van der Waals surface area contributed by atoms with Crippen molar-refractivity contribution in [2.45, 2.75) is 0 Å². The minimum atomic E-state index is 1.11. The normalized spacial score (nSPS) is 11.9. The van der Waals surface area contributed by atoms with Gasteiger partial charge in [0.25, 0.3) is 0 Å². The molecule has 57 heavy (non-hydrogen) atoms. The van der Waals surface area contributed by atoms with Gasteiger partial charge in [-0.1, -0.05) is 146 Å². The Morgan fingerprint density at radius 2 is 0.754 bits per heavy atom. The second-order valence-corrected chi connectivity index (χ2v) is 16.0. The quantitative estimate of drug-likeness (QED) is 0.170. The van der Waals surface area contributed by atoms with Gasteiger partial charge in [-0.15, -0.1) is 11.3 Å². The van der Waals surface area contributed by atoms with Gasteiger partial charge in [-0.25, -0.2) is 0 Å². The van der Waals surface area contributed by atoms with E-state index in [2.05, 4.69) is 216 Å². The van der Waals surface area contributed by atoms with Gasteiger partial charge in [0.2, 0.25) is 0 Å². The lowest BCUT2D eigenvalue weighted by molar-refractivity contribution is 1.28. The number of aromatic nitrogens is 1. The van der Waals surface area contributed by atoms with Crippen LogP contribution in [0.3, 0.4) is 0 Å². The first-order valence-corrected chi connectivity index (χ1v) is 20.3. The maximum atomic E-state index is 2.53. The van der Waals surface area contributed by atoms with Gasteiger partial charge in [-0.05, 0) is 93.7 Å². The predicted molar refractivity (Wildman–Crippen MR) is 246 cm³/mol. The maximum absolute atomic E-state index is 2.53. The number of fused-ring (bicyclic) bond motifs is 7. The molecule has 0 unspecified atom stereocenters. The molecule has 0 aliphatic carbocycles. The van der Waals surface area contributed by atoms with E-state index in [4.69, 9.17) is 0 Å². The van der Waals surface area contributed by atoms with E-state index < -0.39 is 0 Å². The van der Waals surface area contributed by atoms with E-state index in [1.165, 1.54) is 91.3 Å². The molecular formula is C54H34N2S. The molecule has 0 radical (unpaired) electrons. The zero-order valence-electron chi connectivity index (χ0n) is 30.9. The van der Waals surface area contributed by atoms with Crippen LogP contribution in [0.15, 0.2) is 206 Å². The van der Waals surface area contributed by atoms with Crippen LogP contribution in [0.1, 0.15) is 0 Å². The third kappa shape index (κ3) is 4.96. The van der Waals surface area contributed by atoms with Crippen molar-refractivity contribution in [2.75, 3.05) is 4.90 Å². The lowest BCUT2D eigenvalue weighted by Crippen LogP contribution is -2.09. The molecule has 0 amide bonds. The molecule has 3 aromatic heterocycles. The Morgan fingerprint density at radius 3 is 1.37 bits per heavy atom. The van der Waals surface area contributed by atoms with Crippen molar-refractivity contribution in [3.63, 3.8) is 0 Å². The van der Waals surface area contributed by atoms with Crippen LogP contribution in [-0.2, 0) is 0 Å². The fraction of sp³-hybridized carbons (Fsp3) is 0. The van der Waals surface area contributed by atoms with Crippen molar-refractivity contribution >= 4 is 97.4 Å². The summed E-state index contributed by atoms with van der Waals surface area (Å²) in [7, 11) is 0. The summed E-state index contributed by atoms with van der Waals surface area (Å²) < 4.78 is 5.18. The molecule has 0 bridgehead atoms. The fourth-order valence-corrected chi connectivity index (χ4v) is 10.3. The number of nitrogens with zero attached hydrogens (tertiary/aromatic N) is 2. The van der Waals surface area contributed by atoms with Gasteiger partial charge in [0, 0.05) is 58.8 Å². The predicted octanol–water partition coefficient (Wildman–Crippen LogP) is 15.7. The summed E-state index contributed by atoms with van der Waals surface area (Å²) in [6, 6.07) is 75.7. The van der Waals surface area contributed by atoms with Crippen molar-refractivity contribution < 1.29 is 0 Å². The van der Waals surface area contributed by atoms with Crippen molar-refractivity contribution in [3.05, 3.63) is 206 Å². The van der Waals surface area contributed by atoms with E-state index in [0.29, 0.717) is 0 Å².